The first-order valence-corrected chi connectivity index (χ1v) is 8.90. The van der Waals surface area contributed by atoms with E-state index in [2.05, 4.69) is 34.8 Å². The smallest absolute Gasteiger partial charge is 0.220 e. The lowest BCUT2D eigenvalue weighted by molar-refractivity contribution is -0.121. The molecule has 0 atom stereocenters. The molecule has 5 nitrogen and oxygen atoms in total. The molecule has 0 bridgehead atoms. The molecule has 1 saturated carbocycles. The largest absolute Gasteiger partial charge is 0.356 e. The van der Waals surface area contributed by atoms with Gasteiger partial charge in [0.25, 0.3) is 0 Å². The van der Waals surface area contributed by atoms with Crippen LogP contribution in [0.25, 0.3) is 0 Å². The Balaban J connectivity index is 1.71. The number of carbonyl (C=O) groups excluding carboxylic acids is 1. The molecule has 1 aromatic rings. The summed E-state index contributed by atoms with van der Waals surface area (Å²) in [5.41, 5.74) is 0.705. The van der Waals surface area contributed by atoms with E-state index in [0.717, 1.165) is 24.8 Å². The van der Waals surface area contributed by atoms with Gasteiger partial charge in [-0.15, -0.1) is 0 Å². The van der Waals surface area contributed by atoms with E-state index in [1.54, 1.807) is 19.2 Å². The van der Waals surface area contributed by atoms with Crippen molar-refractivity contribution in [3.8, 4) is 0 Å². The van der Waals surface area contributed by atoms with Gasteiger partial charge in [0.15, 0.2) is 5.96 Å². The molecular formula is C19H29FN4O. The number of rotatable bonds is 8. The van der Waals surface area contributed by atoms with Crippen LogP contribution >= 0.6 is 0 Å². The molecule has 3 N–H and O–H groups in total. The lowest BCUT2D eigenvalue weighted by Gasteiger charge is -2.26. The summed E-state index contributed by atoms with van der Waals surface area (Å²) in [5.74, 6) is 0.587. The standard InChI is InChI=1S/C19H29FN4O/c1-19(2,14-6-4-7-15(20)12-14)13-23-18(21-3)22-11-5-8-17(25)24-16-9-10-16/h4,6-7,12,16H,5,8-11,13H2,1-3H3,(H,24,25)(H2,21,22,23). The second-order valence-corrected chi connectivity index (χ2v) is 7.19. The molecule has 0 aliphatic heterocycles. The maximum absolute atomic E-state index is 13.4. The van der Waals surface area contributed by atoms with Gasteiger partial charge in [0.2, 0.25) is 5.91 Å². The fourth-order valence-corrected chi connectivity index (χ4v) is 2.52. The van der Waals surface area contributed by atoms with Gasteiger partial charge in [0.05, 0.1) is 0 Å². The molecular weight excluding hydrogens is 319 g/mol. The Hall–Kier alpha value is -2.11. The molecule has 1 aliphatic rings. The van der Waals surface area contributed by atoms with Crippen LogP contribution in [-0.4, -0.2) is 38.0 Å². The summed E-state index contributed by atoms with van der Waals surface area (Å²) < 4.78 is 13.4. The van der Waals surface area contributed by atoms with Gasteiger partial charge in [-0.05, 0) is 37.0 Å². The molecule has 0 spiro atoms. The number of nitrogens with zero attached hydrogens (tertiary/aromatic N) is 1. The van der Waals surface area contributed by atoms with Crippen molar-refractivity contribution in [3.05, 3.63) is 35.6 Å². The second kappa shape index (κ2) is 8.83. The third kappa shape index (κ3) is 6.72. The highest BCUT2D eigenvalue weighted by Crippen LogP contribution is 2.22. The summed E-state index contributed by atoms with van der Waals surface area (Å²) in [6.07, 6.45) is 3.51. The van der Waals surface area contributed by atoms with Crippen LogP contribution in [0.1, 0.15) is 45.1 Å². The predicted octanol–water partition coefficient (Wildman–Crippen LogP) is 2.33. The van der Waals surface area contributed by atoms with Crippen molar-refractivity contribution < 1.29 is 9.18 Å². The average molecular weight is 348 g/mol. The monoisotopic (exact) mass is 348 g/mol. The third-order valence-electron chi connectivity index (χ3n) is 4.34. The molecule has 1 aliphatic carbocycles. The Morgan fingerprint density at radius 1 is 1.32 bits per heavy atom. The zero-order valence-electron chi connectivity index (χ0n) is 15.4. The molecule has 1 fully saturated rings. The number of aliphatic imine (C=N–C) groups is 1. The van der Waals surface area contributed by atoms with Crippen LogP contribution in [0.15, 0.2) is 29.3 Å². The number of carbonyl (C=O) groups is 1. The normalized spacial score (nSPS) is 15.0. The first kappa shape index (κ1) is 19.2. The van der Waals surface area contributed by atoms with Gasteiger partial charge in [-0.3, -0.25) is 9.79 Å². The van der Waals surface area contributed by atoms with E-state index in [-0.39, 0.29) is 17.1 Å². The van der Waals surface area contributed by atoms with Gasteiger partial charge in [0.1, 0.15) is 5.82 Å². The topological polar surface area (TPSA) is 65.5 Å². The highest BCUT2D eigenvalue weighted by molar-refractivity contribution is 5.80. The van der Waals surface area contributed by atoms with Crippen molar-refractivity contribution in [2.75, 3.05) is 20.1 Å². The Morgan fingerprint density at radius 3 is 2.72 bits per heavy atom. The Kier molecular flexibility index (Phi) is 6.79. The lowest BCUT2D eigenvalue weighted by atomic mass is 9.84. The minimum absolute atomic E-state index is 0.125. The highest BCUT2D eigenvalue weighted by atomic mass is 19.1. The van der Waals surface area contributed by atoms with E-state index in [9.17, 15) is 9.18 Å². The number of guanidine groups is 1. The van der Waals surface area contributed by atoms with Crippen LogP contribution in [-0.2, 0) is 10.2 Å². The Bertz CT molecular complexity index is 611. The van der Waals surface area contributed by atoms with Crippen molar-refractivity contribution in [3.63, 3.8) is 0 Å². The summed E-state index contributed by atoms with van der Waals surface area (Å²) in [6, 6.07) is 7.09. The van der Waals surface area contributed by atoms with Gasteiger partial charge in [-0.1, -0.05) is 26.0 Å². The number of halogens is 1. The van der Waals surface area contributed by atoms with E-state index in [4.69, 9.17) is 0 Å². The second-order valence-electron chi connectivity index (χ2n) is 7.19. The van der Waals surface area contributed by atoms with Crippen LogP contribution in [0.5, 0.6) is 0 Å². The number of nitrogens with one attached hydrogen (secondary N) is 3. The van der Waals surface area contributed by atoms with Crippen molar-refractivity contribution in [2.24, 2.45) is 4.99 Å². The summed E-state index contributed by atoms with van der Waals surface area (Å²) >= 11 is 0. The van der Waals surface area contributed by atoms with Crippen molar-refractivity contribution in [2.45, 2.75) is 51.0 Å². The van der Waals surface area contributed by atoms with E-state index >= 15 is 0 Å². The first-order chi connectivity index (χ1) is 11.9. The number of benzene rings is 1. The minimum Gasteiger partial charge on any atom is -0.356 e. The molecule has 2 rings (SSSR count). The maximum atomic E-state index is 13.4. The average Bonchev–Trinajstić information content (AvgIpc) is 3.38. The number of hydrogen-bond acceptors (Lipinski definition) is 2. The first-order valence-electron chi connectivity index (χ1n) is 8.90. The van der Waals surface area contributed by atoms with E-state index in [0.29, 0.717) is 31.5 Å². The zero-order chi connectivity index (χ0) is 18.3. The molecule has 0 unspecified atom stereocenters. The molecule has 138 valence electrons. The molecule has 0 radical (unpaired) electrons. The van der Waals surface area contributed by atoms with Gasteiger partial charge in [-0.2, -0.15) is 0 Å². The third-order valence-corrected chi connectivity index (χ3v) is 4.34. The van der Waals surface area contributed by atoms with Gasteiger partial charge in [-0.25, -0.2) is 4.39 Å². The van der Waals surface area contributed by atoms with E-state index in [1.807, 2.05) is 6.07 Å². The van der Waals surface area contributed by atoms with Crippen molar-refractivity contribution in [1.82, 2.24) is 16.0 Å². The molecule has 25 heavy (non-hydrogen) atoms. The molecule has 0 heterocycles. The highest BCUT2D eigenvalue weighted by Gasteiger charge is 2.23. The fourth-order valence-electron chi connectivity index (χ4n) is 2.52. The molecule has 0 saturated heterocycles. The molecule has 1 amide bonds. The number of amides is 1. The van der Waals surface area contributed by atoms with Crippen LogP contribution in [0, 0.1) is 5.82 Å². The minimum atomic E-state index is -0.232. The zero-order valence-corrected chi connectivity index (χ0v) is 15.4. The molecule has 6 heteroatoms. The van der Waals surface area contributed by atoms with Crippen molar-refractivity contribution in [1.29, 1.82) is 0 Å². The van der Waals surface area contributed by atoms with Gasteiger partial charge in [0, 0.05) is 38.0 Å². The summed E-state index contributed by atoms with van der Waals surface area (Å²) in [7, 11) is 1.71. The fraction of sp³-hybridized carbons (Fsp3) is 0.579. The van der Waals surface area contributed by atoms with Crippen molar-refractivity contribution >= 4 is 11.9 Å². The predicted molar refractivity (Wildman–Crippen MR) is 99.2 cm³/mol. The SMILES string of the molecule is CN=C(NCCCC(=O)NC1CC1)NCC(C)(C)c1cccc(F)c1. The summed E-state index contributed by atoms with van der Waals surface area (Å²) in [5, 5.41) is 9.47. The van der Waals surface area contributed by atoms with Gasteiger partial charge < -0.3 is 16.0 Å². The molecule has 0 aromatic heterocycles. The van der Waals surface area contributed by atoms with E-state index < -0.39 is 0 Å². The van der Waals surface area contributed by atoms with Crippen LogP contribution in [0.4, 0.5) is 4.39 Å². The maximum Gasteiger partial charge on any atom is 0.220 e. The Labute approximate surface area is 149 Å². The molecule has 1 aromatic carbocycles. The lowest BCUT2D eigenvalue weighted by Crippen LogP contribution is -2.43. The van der Waals surface area contributed by atoms with Gasteiger partial charge >= 0.3 is 0 Å². The Morgan fingerprint density at radius 2 is 2.08 bits per heavy atom. The summed E-state index contributed by atoms with van der Waals surface area (Å²) in [6.45, 7) is 5.42. The quantitative estimate of drug-likeness (QED) is 0.384. The number of hydrogen-bond donors (Lipinski definition) is 3. The van der Waals surface area contributed by atoms with Crippen LogP contribution < -0.4 is 16.0 Å². The van der Waals surface area contributed by atoms with Crippen LogP contribution in [0.2, 0.25) is 0 Å². The van der Waals surface area contributed by atoms with E-state index in [1.165, 1.54) is 6.07 Å². The van der Waals surface area contributed by atoms with Crippen LogP contribution in [0.3, 0.4) is 0 Å². The summed E-state index contributed by atoms with van der Waals surface area (Å²) in [4.78, 5) is 15.8.